The van der Waals surface area contributed by atoms with E-state index >= 15 is 0 Å². The van der Waals surface area contributed by atoms with Crippen LogP contribution in [0.5, 0.6) is 17.2 Å². The van der Waals surface area contributed by atoms with Crippen LogP contribution in [0.25, 0.3) is 0 Å². The van der Waals surface area contributed by atoms with Crippen LogP contribution in [0.3, 0.4) is 0 Å². The Balaban J connectivity index is 2.21. The van der Waals surface area contributed by atoms with Gasteiger partial charge in [-0.05, 0) is 55.8 Å². The van der Waals surface area contributed by atoms with Crippen molar-refractivity contribution in [2.75, 3.05) is 19.5 Å². The van der Waals surface area contributed by atoms with Crippen LogP contribution in [0.1, 0.15) is 24.1 Å². The largest absolute Gasteiger partial charge is 0.508 e. The highest BCUT2D eigenvalue weighted by Crippen LogP contribution is 2.31. The Morgan fingerprint density at radius 1 is 1.05 bits per heavy atom. The molecule has 0 aliphatic rings. The average Bonchev–Trinajstić information content (AvgIpc) is 2.48. The molecule has 4 heteroatoms. The van der Waals surface area contributed by atoms with Crippen molar-refractivity contribution >= 4 is 5.69 Å². The molecule has 0 heterocycles. The molecule has 0 radical (unpaired) electrons. The second-order valence-corrected chi connectivity index (χ2v) is 4.98. The van der Waals surface area contributed by atoms with Crippen LogP contribution in [-0.2, 0) is 0 Å². The number of hydrogen-bond donors (Lipinski definition) is 2. The summed E-state index contributed by atoms with van der Waals surface area (Å²) in [6.07, 6.45) is 0. The standard InChI is InChI=1S/C17H21NO3/c1-11-9-13(5-8-17(11)21-4)18-12(2)15-10-14(20-3)6-7-16(15)19/h5-10,12,18-19H,1-4H3. The fourth-order valence-corrected chi connectivity index (χ4v) is 2.30. The lowest BCUT2D eigenvalue weighted by Crippen LogP contribution is -2.07. The molecule has 0 aromatic heterocycles. The normalized spacial score (nSPS) is 11.8. The van der Waals surface area contributed by atoms with E-state index in [0.717, 1.165) is 28.3 Å². The van der Waals surface area contributed by atoms with Crippen LogP contribution in [0.15, 0.2) is 36.4 Å². The summed E-state index contributed by atoms with van der Waals surface area (Å²) >= 11 is 0. The van der Waals surface area contributed by atoms with E-state index in [2.05, 4.69) is 5.32 Å². The van der Waals surface area contributed by atoms with Gasteiger partial charge in [0.1, 0.15) is 17.2 Å². The summed E-state index contributed by atoms with van der Waals surface area (Å²) in [6.45, 7) is 3.99. The van der Waals surface area contributed by atoms with Crippen LogP contribution < -0.4 is 14.8 Å². The lowest BCUT2D eigenvalue weighted by Gasteiger charge is -2.18. The fourth-order valence-electron chi connectivity index (χ4n) is 2.30. The summed E-state index contributed by atoms with van der Waals surface area (Å²) in [6, 6.07) is 11.1. The first-order valence-corrected chi connectivity index (χ1v) is 6.83. The van der Waals surface area contributed by atoms with Crippen LogP contribution in [0.2, 0.25) is 0 Å². The Hall–Kier alpha value is -2.36. The summed E-state index contributed by atoms with van der Waals surface area (Å²) in [5.74, 6) is 1.83. The maximum atomic E-state index is 10.0. The molecule has 1 unspecified atom stereocenters. The van der Waals surface area contributed by atoms with Crippen molar-refractivity contribution in [2.45, 2.75) is 19.9 Å². The van der Waals surface area contributed by atoms with Gasteiger partial charge in [-0.25, -0.2) is 0 Å². The molecule has 0 aliphatic heterocycles. The number of aromatic hydroxyl groups is 1. The third kappa shape index (κ3) is 3.40. The molecule has 0 amide bonds. The van der Waals surface area contributed by atoms with E-state index in [1.807, 2.05) is 38.1 Å². The van der Waals surface area contributed by atoms with Crippen LogP contribution in [0.4, 0.5) is 5.69 Å². The third-order valence-corrected chi connectivity index (χ3v) is 3.48. The zero-order chi connectivity index (χ0) is 15.4. The maximum absolute atomic E-state index is 10.0. The van der Waals surface area contributed by atoms with Crippen molar-refractivity contribution in [3.8, 4) is 17.2 Å². The molecule has 112 valence electrons. The highest BCUT2D eigenvalue weighted by molar-refractivity contribution is 5.53. The van der Waals surface area contributed by atoms with Crippen molar-refractivity contribution in [1.29, 1.82) is 0 Å². The topological polar surface area (TPSA) is 50.7 Å². The molecule has 0 fully saturated rings. The third-order valence-electron chi connectivity index (χ3n) is 3.48. The first-order chi connectivity index (χ1) is 10.0. The molecule has 2 rings (SSSR count). The number of methoxy groups -OCH3 is 2. The molecule has 2 N–H and O–H groups in total. The van der Waals surface area contributed by atoms with Crippen molar-refractivity contribution in [3.63, 3.8) is 0 Å². The van der Waals surface area contributed by atoms with Crippen molar-refractivity contribution in [3.05, 3.63) is 47.5 Å². The lowest BCUT2D eigenvalue weighted by molar-refractivity contribution is 0.410. The van der Waals surface area contributed by atoms with Crippen LogP contribution in [0, 0.1) is 6.92 Å². The monoisotopic (exact) mass is 287 g/mol. The Bertz CT molecular complexity index is 625. The summed E-state index contributed by atoms with van der Waals surface area (Å²) < 4.78 is 10.5. The van der Waals surface area contributed by atoms with Gasteiger partial charge in [0.25, 0.3) is 0 Å². The number of rotatable bonds is 5. The second kappa shape index (κ2) is 6.39. The number of ether oxygens (including phenoxy) is 2. The van der Waals surface area contributed by atoms with E-state index in [1.54, 1.807) is 26.4 Å². The summed E-state index contributed by atoms with van der Waals surface area (Å²) in [5, 5.41) is 13.4. The fraction of sp³-hybridized carbons (Fsp3) is 0.294. The SMILES string of the molecule is COc1ccc(O)c(C(C)Nc2ccc(OC)c(C)c2)c1. The molecule has 0 spiro atoms. The van der Waals surface area contributed by atoms with Gasteiger partial charge >= 0.3 is 0 Å². The highest BCUT2D eigenvalue weighted by atomic mass is 16.5. The molecule has 2 aromatic carbocycles. The predicted molar refractivity (Wildman–Crippen MR) is 84.4 cm³/mol. The van der Waals surface area contributed by atoms with Crippen molar-refractivity contribution in [1.82, 2.24) is 0 Å². The minimum atomic E-state index is -0.0482. The molecule has 4 nitrogen and oxygen atoms in total. The summed E-state index contributed by atoms with van der Waals surface area (Å²) in [5.41, 5.74) is 2.83. The zero-order valence-electron chi connectivity index (χ0n) is 12.8. The smallest absolute Gasteiger partial charge is 0.121 e. The minimum Gasteiger partial charge on any atom is -0.508 e. The molecule has 0 saturated heterocycles. The van der Waals surface area contributed by atoms with Gasteiger partial charge < -0.3 is 19.9 Å². The van der Waals surface area contributed by atoms with Crippen molar-refractivity contribution in [2.24, 2.45) is 0 Å². The first-order valence-electron chi connectivity index (χ1n) is 6.83. The molecule has 0 aliphatic carbocycles. The summed E-state index contributed by atoms with van der Waals surface area (Å²) in [7, 11) is 3.27. The minimum absolute atomic E-state index is 0.0482. The number of hydrogen-bond acceptors (Lipinski definition) is 4. The first kappa shape index (κ1) is 15.0. The molecule has 0 saturated carbocycles. The van der Waals surface area contributed by atoms with Gasteiger partial charge in [-0.3, -0.25) is 0 Å². The van der Waals surface area contributed by atoms with Gasteiger partial charge in [-0.15, -0.1) is 0 Å². The van der Waals surface area contributed by atoms with E-state index in [4.69, 9.17) is 9.47 Å². The molecule has 2 aromatic rings. The van der Waals surface area contributed by atoms with Gasteiger partial charge in [0.15, 0.2) is 0 Å². The quantitative estimate of drug-likeness (QED) is 0.876. The average molecular weight is 287 g/mol. The van der Waals surface area contributed by atoms with Gasteiger partial charge in [0.05, 0.1) is 20.3 Å². The number of phenolic OH excluding ortho intramolecular Hbond substituents is 1. The molecule has 1 atom stereocenters. The number of benzene rings is 2. The molecule has 0 bridgehead atoms. The Kier molecular flexibility index (Phi) is 4.58. The Morgan fingerprint density at radius 2 is 1.81 bits per heavy atom. The highest BCUT2D eigenvalue weighted by Gasteiger charge is 2.12. The molecular formula is C17H21NO3. The van der Waals surface area contributed by atoms with Gasteiger partial charge in [0.2, 0.25) is 0 Å². The summed E-state index contributed by atoms with van der Waals surface area (Å²) in [4.78, 5) is 0. The van der Waals surface area contributed by atoms with E-state index in [-0.39, 0.29) is 11.8 Å². The van der Waals surface area contributed by atoms with E-state index in [1.165, 1.54) is 0 Å². The molecule has 21 heavy (non-hydrogen) atoms. The maximum Gasteiger partial charge on any atom is 0.121 e. The van der Waals surface area contributed by atoms with E-state index < -0.39 is 0 Å². The zero-order valence-corrected chi connectivity index (χ0v) is 12.8. The van der Waals surface area contributed by atoms with Crippen LogP contribution in [-0.4, -0.2) is 19.3 Å². The van der Waals surface area contributed by atoms with Gasteiger partial charge in [-0.2, -0.15) is 0 Å². The van der Waals surface area contributed by atoms with Crippen LogP contribution >= 0.6 is 0 Å². The second-order valence-electron chi connectivity index (χ2n) is 4.98. The number of nitrogens with one attached hydrogen (secondary N) is 1. The van der Waals surface area contributed by atoms with Crippen molar-refractivity contribution < 1.29 is 14.6 Å². The van der Waals surface area contributed by atoms with Gasteiger partial charge in [0, 0.05) is 11.3 Å². The number of anilines is 1. The number of phenols is 1. The number of aryl methyl sites for hydroxylation is 1. The molecular weight excluding hydrogens is 266 g/mol. The van der Waals surface area contributed by atoms with Gasteiger partial charge in [-0.1, -0.05) is 0 Å². The Morgan fingerprint density at radius 3 is 2.43 bits per heavy atom. The lowest BCUT2D eigenvalue weighted by atomic mass is 10.1. The predicted octanol–water partition coefficient (Wildman–Crippen LogP) is 3.89. The Labute approximate surface area is 125 Å². The van der Waals surface area contributed by atoms with E-state index in [9.17, 15) is 5.11 Å². The van der Waals surface area contributed by atoms with E-state index in [0.29, 0.717) is 0 Å².